The average Bonchev–Trinajstić information content (AvgIpc) is 1.12. The van der Waals surface area contributed by atoms with Gasteiger partial charge in [0.05, 0.1) is 0 Å². The third-order valence-electron chi connectivity index (χ3n) is 0. The molecule has 0 saturated heterocycles. The smallest absolute Gasteiger partial charge is 0.759 e. The standard InChI is InChI=1S/Cd.Ni.2H2O4S/c;;2*1-5(2,3)4/h;;2*(H2,1,2,3,4)/q2*+2;;/p-4. The number of hydrogen-bond acceptors (Lipinski definition) is 8. The third-order valence-corrected chi connectivity index (χ3v) is 0. The average molecular weight is 363 g/mol. The topological polar surface area (TPSA) is 161 Å². The van der Waals surface area contributed by atoms with E-state index in [1.165, 1.54) is 0 Å². The largest absolute Gasteiger partial charge is 2.00 e. The van der Waals surface area contributed by atoms with Crippen molar-refractivity contribution in [3.8, 4) is 0 Å². The van der Waals surface area contributed by atoms with Crippen molar-refractivity contribution in [3.63, 3.8) is 0 Å². The summed E-state index contributed by atoms with van der Waals surface area (Å²) in [5.41, 5.74) is 0. The van der Waals surface area contributed by atoms with E-state index in [-0.39, 0.29) is 43.8 Å². The van der Waals surface area contributed by atoms with Gasteiger partial charge in [-0.15, -0.1) is 0 Å². The van der Waals surface area contributed by atoms with Crippen LogP contribution < -0.4 is 0 Å². The Morgan fingerprint density at radius 3 is 0.667 bits per heavy atom. The molecule has 0 bridgehead atoms. The first-order valence-corrected chi connectivity index (χ1v) is 4.00. The van der Waals surface area contributed by atoms with Crippen LogP contribution in [0.15, 0.2) is 0 Å². The predicted octanol–water partition coefficient (Wildman–Crippen LogP) is -2.68. The molecule has 0 aliphatic rings. The SMILES string of the molecule is O=S(=O)([O-])[O-].O=S(=O)([O-])[O-].[Cd+2].[Ni+2]. The van der Waals surface area contributed by atoms with E-state index in [1.807, 2.05) is 0 Å². The maximum Gasteiger partial charge on any atom is 2.00 e. The normalized spacial score (nSPS) is 9.67. The Morgan fingerprint density at radius 2 is 0.667 bits per heavy atom. The van der Waals surface area contributed by atoms with Gasteiger partial charge in [-0.25, -0.2) is 0 Å². The Morgan fingerprint density at radius 1 is 0.667 bits per heavy atom. The molecule has 0 aromatic carbocycles. The van der Waals surface area contributed by atoms with E-state index in [0.717, 1.165) is 0 Å². The van der Waals surface area contributed by atoms with Gasteiger partial charge in [-0.3, -0.25) is 16.8 Å². The molecule has 12 heteroatoms. The molecule has 0 fully saturated rings. The van der Waals surface area contributed by atoms with Crippen molar-refractivity contribution in [1.82, 2.24) is 0 Å². The molecular formula is CdNiO8S2. The van der Waals surface area contributed by atoms with Gasteiger partial charge in [0, 0.05) is 20.8 Å². The maximum atomic E-state index is 8.52. The number of hydrogen-bond donors (Lipinski definition) is 0. The molecule has 0 N–H and O–H groups in total. The van der Waals surface area contributed by atoms with Crippen LogP contribution in [-0.2, 0) is 64.6 Å². The fourth-order valence-electron chi connectivity index (χ4n) is 0. The molecule has 0 aliphatic carbocycles. The van der Waals surface area contributed by atoms with Gasteiger partial charge in [-0.1, -0.05) is 0 Å². The molecule has 0 spiro atoms. The first-order valence-electron chi connectivity index (χ1n) is 1.33. The summed E-state index contributed by atoms with van der Waals surface area (Å²) < 4.78 is 68.2. The van der Waals surface area contributed by atoms with E-state index in [4.69, 9.17) is 35.0 Å². The quantitative estimate of drug-likeness (QED) is 0.255. The van der Waals surface area contributed by atoms with Crippen LogP contribution in [0.2, 0.25) is 0 Å². The molecule has 0 atom stereocenters. The fourth-order valence-corrected chi connectivity index (χ4v) is 0. The van der Waals surface area contributed by atoms with Crippen LogP contribution in [0.25, 0.3) is 0 Å². The molecule has 0 saturated carbocycles. The minimum absolute atomic E-state index is 0. The zero-order chi connectivity index (χ0) is 9.00. The summed E-state index contributed by atoms with van der Waals surface area (Å²) in [6, 6.07) is 0. The molecule has 0 aromatic rings. The summed E-state index contributed by atoms with van der Waals surface area (Å²) in [6.45, 7) is 0. The van der Waals surface area contributed by atoms with Crippen LogP contribution in [0.4, 0.5) is 0 Å². The zero-order valence-electron chi connectivity index (χ0n) is 5.11. The first kappa shape index (κ1) is 23.2. The van der Waals surface area contributed by atoms with Crippen LogP contribution in [0, 0.1) is 0 Å². The Kier molecular flexibility index (Phi) is 16.9. The van der Waals surface area contributed by atoms with E-state index < -0.39 is 20.8 Å². The zero-order valence-corrected chi connectivity index (χ0v) is 11.8. The van der Waals surface area contributed by atoms with Crippen LogP contribution in [0.3, 0.4) is 0 Å². The Labute approximate surface area is 99.0 Å². The molecular weight excluding hydrogens is 363 g/mol. The molecule has 0 heterocycles. The van der Waals surface area contributed by atoms with Crippen molar-refractivity contribution in [2.45, 2.75) is 0 Å². The second-order valence-electron chi connectivity index (χ2n) is 0.816. The molecule has 0 rings (SSSR count). The second kappa shape index (κ2) is 8.74. The Bertz CT molecular complexity index is 213. The van der Waals surface area contributed by atoms with Gasteiger partial charge in [0.1, 0.15) is 0 Å². The molecule has 8 nitrogen and oxygen atoms in total. The van der Waals surface area contributed by atoms with Crippen LogP contribution in [0.1, 0.15) is 0 Å². The monoisotopic (exact) mass is 364 g/mol. The van der Waals surface area contributed by atoms with E-state index in [9.17, 15) is 0 Å². The first-order chi connectivity index (χ1) is 4.00. The molecule has 0 radical (unpaired) electrons. The Hall–Kier alpha value is 1.16. The summed E-state index contributed by atoms with van der Waals surface area (Å²) in [7, 11) is -10.3. The molecule has 72 valence electrons. The summed E-state index contributed by atoms with van der Waals surface area (Å²) in [5.74, 6) is 0. The van der Waals surface area contributed by atoms with Gasteiger partial charge in [0.25, 0.3) is 0 Å². The third kappa shape index (κ3) is 862. The van der Waals surface area contributed by atoms with Gasteiger partial charge in [-0.2, -0.15) is 0 Å². The van der Waals surface area contributed by atoms with E-state index in [0.29, 0.717) is 0 Å². The van der Waals surface area contributed by atoms with Crippen molar-refractivity contribution in [2.75, 3.05) is 0 Å². The van der Waals surface area contributed by atoms with Crippen LogP contribution >= 0.6 is 0 Å². The summed E-state index contributed by atoms with van der Waals surface area (Å²) in [4.78, 5) is 0. The van der Waals surface area contributed by atoms with Crippen molar-refractivity contribution in [2.24, 2.45) is 0 Å². The van der Waals surface area contributed by atoms with Crippen molar-refractivity contribution in [3.05, 3.63) is 0 Å². The summed E-state index contributed by atoms with van der Waals surface area (Å²) in [5, 5.41) is 0. The molecule has 0 unspecified atom stereocenters. The summed E-state index contributed by atoms with van der Waals surface area (Å²) >= 11 is 0. The van der Waals surface area contributed by atoms with E-state index in [1.54, 1.807) is 0 Å². The van der Waals surface area contributed by atoms with Gasteiger partial charge in [0.2, 0.25) is 0 Å². The number of rotatable bonds is 0. The minimum atomic E-state index is -5.17. The van der Waals surface area contributed by atoms with E-state index >= 15 is 0 Å². The molecule has 12 heavy (non-hydrogen) atoms. The summed E-state index contributed by atoms with van der Waals surface area (Å²) in [6.07, 6.45) is 0. The molecule has 0 amide bonds. The van der Waals surface area contributed by atoms with Crippen LogP contribution in [-0.4, -0.2) is 35.0 Å². The van der Waals surface area contributed by atoms with Gasteiger partial charge >= 0.3 is 43.8 Å². The maximum absolute atomic E-state index is 8.52. The molecule has 0 aromatic heterocycles. The van der Waals surface area contributed by atoms with Crippen molar-refractivity contribution >= 4 is 20.8 Å². The van der Waals surface area contributed by atoms with E-state index in [2.05, 4.69) is 0 Å². The fraction of sp³-hybridized carbons (Fsp3) is 0. The van der Waals surface area contributed by atoms with Crippen LogP contribution in [0.5, 0.6) is 0 Å². The van der Waals surface area contributed by atoms with Gasteiger partial charge in [0.15, 0.2) is 0 Å². The minimum Gasteiger partial charge on any atom is -0.759 e. The second-order valence-corrected chi connectivity index (χ2v) is 2.45. The molecule has 0 aliphatic heterocycles. The van der Waals surface area contributed by atoms with Crippen molar-refractivity contribution < 1.29 is 78.8 Å². The van der Waals surface area contributed by atoms with Gasteiger partial charge < -0.3 is 18.2 Å². The van der Waals surface area contributed by atoms with Crippen molar-refractivity contribution in [1.29, 1.82) is 0 Å². The van der Waals surface area contributed by atoms with Gasteiger partial charge in [-0.05, 0) is 0 Å². The predicted molar refractivity (Wildman–Crippen MR) is 20.9 cm³/mol. The Balaban J connectivity index is -0.0000000457.